The molecular weight excluding hydrogens is 258 g/mol. The summed E-state index contributed by atoms with van der Waals surface area (Å²) in [5.74, 6) is 1.81. The normalized spacial score (nSPS) is 24.0. The topological polar surface area (TPSA) is 29.0 Å². The lowest BCUT2D eigenvalue weighted by Crippen LogP contribution is -2.35. The van der Waals surface area contributed by atoms with Gasteiger partial charge in [-0.2, -0.15) is 0 Å². The molecule has 106 valence electrons. The standard InChI is InChI=1S/C15H24ClN3/c1-6-11-8-7-10(2)19(11)13-9-12(16)17-14(18-13)15(3,4)5/h9-11H,6-8H2,1-5H3. The third kappa shape index (κ3) is 3.02. The number of hydrogen-bond acceptors (Lipinski definition) is 3. The fraction of sp³-hybridized carbons (Fsp3) is 0.733. The number of rotatable bonds is 2. The molecule has 0 N–H and O–H groups in total. The van der Waals surface area contributed by atoms with Gasteiger partial charge in [0.1, 0.15) is 16.8 Å². The lowest BCUT2D eigenvalue weighted by atomic mass is 9.96. The first-order chi connectivity index (χ1) is 8.82. The fourth-order valence-corrected chi connectivity index (χ4v) is 2.94. The summed E-state index contributed by atoms with van der Waals surface area (Å²) >= 11 is 6.20. The van der Waals surface area contributed by atoms with Crippen LogP contribution >= 0.6 is 11.6 Å². The Bertz CT molecular complexity index is 453. The summed E-state index contributed by atoms with van der Waals surface area (Å²) in [5.41, 5.74) is -0.0790. The molecule has 2 rings (SSSR count). The predicted octanol–water partition coefficient (Wildman–Crippen LogP) is 4.19. The van der Waals surface area contributed by atoms with Crippen molar-refractivity contribution in [3.05, 3.63) is 17.0 Å². The van der Waals surface area contributed by atoms with Gasteiger partial charge in [0, 0.05) is 23.6 Å². The Morgan fingerprint density at radius 2 is 2.00 bits per heavy atom. The maximum absolute atomic E-state index is 6.20. The van der Waals surface area contributed by atoms with Gasteiger partial charge in [-0.15, -0.1) is 0 Å². The lowest BCUT2D eigenvalue weighted by Gasteiger charge is -2.30. The fourth-order valence-electron chi connectivity index (χ4n) is 2.76. The SMILES string of the molecule is CCC1CCC(C)N1c1cc(Cl)nc(C(C)(C)C)n1. The van der Waals surface area contributed by atoms with Gasteiger partial charge < -0.3 is 4.90 Å². The maximum atomic E-state index is 6.20. The molecule has 19 heavy (non-hydrogen) atoms. The first kappa shape index (κ1) is 14.6. The third-order valence-corrected chi connectivity index (χ3v) is 4.07. The van der Waals surface area contributed by atoms with Gasteiger partial charge in [0.15, 0.2) is 0 Å². The van der Waals surface area contributed by atoms with Crippen molar-refractivity contribution in [3.8, 4) is 0 Å². The maximum Gasteiger partial charge on any atom is 0.137 e. The summed E-state index contributed by atoms with van der Waals surface area (Å²) in [6.07, 6.45) is 3.62. The molecule has 0 bridgehead atoms. The average Bonchev–Trinajstić information content (AvgIpc) is 2.68. The summed E-state index contributed by atoms with van der Waals surface area (Å²) < 4.78 is 0. The highest BCUT2D eigenvalue weighted by Gasteiger charge is 2.31. The van der Waals surface area contributed by atoms with Crippen LogP contribution in [0, 0.1) is 0 Å². The Labute approximate surface area is 121 Å². The van der Waals surface area contributed by atoms with Gasteiger partial charge >= 0.3 is 0 Å². The Kier molecular flexibility index (Phi) is 4.05. The van der Waals surface area contributed by atoms with Crippen molar-refractivity contribution in [1.82, 2.24) is 9.97 Å². The quantitative estimate of drug-likeness (QED) is 0.761. The zero-order valence-corrected chi connectivity index (χ0v) is 13.3. The van der Waals surface area contributed by atoms with Crippen molar-refractivity contribution in [1.29, 1.82) is 0 Å². The van der Waals surface area contributed by atoms with E-state index in [1.807, 2.05) is 6.07 Å². The lowest BCUT2D eigenvalue weighted by molar-refractivity contribution is 0.539. The second-order valence-electron chi connectivity index (χ2n) is 6.52. The molecular formula is C15H24ClN3. The highest BCUT2D eigenvalue weighted by atomic mass is 35.5. The van der Waals surface area contributed by atoms with Gasteiger partial charge in [-0.3, -0.25) is 0 Å². The first-order valence-electron chi connectivity index (χ1n) is 7.16. The molecule has 0 saturated carbocycles. The molecule has 1 aromatic heterocycles. The minimum atomic E-state index is -0.0790. The number of aromatic nitrogens is 2. The van der Waals surface area contributed by atoms with E-state index in [9.17, 15) is 0 Å². The van der Waals surface area contributed by atoms with Crippen molar-refractivity contribution in [2.75, 3.05) is 4.90 Å². The van der Waals surface area contributed by atoms with Crippen LogP contribution < -0.4 is 4.90 Å². The molecule has 0 radical (unpaired) electrons. The van der Waals surface area contributed by atoms with Crippen LogP contribution in [-0.2, 0) is 5.41 Å². The molecule has 1 aromatic rings. The van der Waals surface area contributed by atoms with Crippen LogP contribution in [0.15, 0.2) is 6.07 Å². The molecule has 0 spiro atoms. The number of hydrogen-bond donors (Lipinski definition) is 0. The minimum Gasteiger partial charge on any atom is -0.351 e. The van der Waals surface area contributed by atoms with Crippen molar-refractivity contribution in [2.45, 2.75) is 71.4 Å². The molecule has 1 saturated heterocycles. The second kappa shape index (κ2) is 5.28. The molecule has 4 heteroatoms. The first-order valence-corrected chi connectivity index (χ1v) is 7.54. The van der Waals surface area contributed by atoms with E-state index < -0.39 is 0 Å². The van der Waals surface area contributed by atoms with E-state index in [1.54, 1.807) is 0 Å². The van der Waals surface area contributed by atoms with Gasteiger partial charge in [0.05, 0.1) is 0 Å². The zero-order valence-electron chi connectivity index (χ0n) is 12.6. The minimum absolute atomic E-state index is 0.0790. The van der Waals surface area contributed by atoms with E-state index in [0.29, 0.717) is 17.2 Å². The van der Waals surface area contributed by atoms with Crippen LogP contribution in [0.5, 0.6) is 0 Å². The molecule has 0 aliphatic carbocycles. The molecule has 0 aromatic carbocycles. The van der Waals surface area contributed by atoms with Crippen LogP contribution in [0.4, 0.5) is 5.82 Å². The van der Waals surface area contributed by atoms with Crippen LogP contribution in [0.25, 0.3) is 0 Å². The molecule has 1 fully saturated rings. The Balaban J connectivity index is 2.42. The van der Waals surface area contributed by atoms with E-state index in [2.05, 4.69) is 44.5 Å². The molecule has 0 amide bonds. The molecule has 2 atom stereocenters. The number of nitrogens with zero attached hydrogens (tertiary/aromatic N) is 3. The van der Waals surface area contributed by atoms with E-state index >= 15 is 0 Å². The van der Waals surface area contributed by atoms with E-state index in [0.717, 1.165) is 18.1 Å². The van der Waals surface area contributed by atoms with E-state index in [1.165, 1.54) is 12.8 Å². The average molecular weight is 282 g/mol. The smallest absolute Gasteiger partial charge is 0.137 e. The largest absolute Gasteiger partial charge is 0.351 e. The molecule has 1 aliphatic rings. The van der Waals surface area contributed by atoms with Crippen LogP contribution in [0.2, 0.25) is 5.15 Å². The molecule has 1 aliphatic heterocycles. The summed E-state index contributed by atoms with van der Waals surface area (Å²) in [6.45, 7) is 10.9. The zero-order chi connectivity index (χ0) is 14.2. The summed E-state index contributed by atoms with van der Waals surface area (Å²) in [5, 5.41) is 0.545. The summed E-state index contributed by atoms with van der Waals surface area (Å²) in [6, 6.07) is 3.01. The van der Waals surface area contributed by atoms with Gasteiger partial charge in [0.2, 0.25) is 0 Å². The highest BCUT2D eigenvalue weighted by molar-refractivity contribution is 6.29. The van der Waals surface area contributed by atoms with Crippen LogP contribution in [-0.4, -0.2) is 22.1 Å². The summed E-state index contributed by atoms with van der Waals surface area (Å²) in [7, 11) is 0. The van der Waals surface area contributed by atoms with Crippen LogP contribution in [0.1, 0.15) is 59.7 Å². The van der Waals surface area contributed by atoms with Crippen molar-refractivity contribution < 1.29 is 0 Å². The van der Waals surface area contributed by atoms with Gasteiger partial charge in [0.25, 0.3) is 0 Å². The van der Waals surface area contributed by atoms with E-state index in [-0.39, 0.29) is 5.41 Å². The Morgan fingerprint density at radius 3 is 2.58 bits per heavy atom. The monoisotopic (exact) mass is 281 g/mol. The third-order valence-electron chi connectivity index (χ3n) is 3.87. The highest BCUT2D eigenvalue weighted by Crippen LogP contribution is 2.33. The Hall–Kier alpha value is -0.830. The molecule has 2 heterocycles. The number of anilines is 1. The Morgan fingerprint density at radius 1 is 1.32 bits per heavy atom. The van der Waals surface area contributed by atoms with Crippen molar-refractivity contribution in [2.24, 2.45) is 0 Å². The number of halogens is 1. The summed E-state index contributed by atoms with van der Waals surface area (Å²) in [4.78, 5) is 11.6. The van der Waals surface area contributed by atoms with Gasteiger partial charge in [-0.05, 0) is 26.2 Å². The molecule has 3 nitrogen and oxygen atoms in total. The molecule has 2 unspecified atom stereocenters. The second-order valence-corrected chi connectivity index (χ2v) is 6.91. The van der Waals surface area contributed by atoms with Crippen LogP contribution in [0.3, 0.4) is 0 Å². The van der Waals surface area contributed by atoms with Crippen molar-refractivity contribution in [3.63, 3.8) is 0 Å². The predicted molar refractivity (Wildman–Crippen MR) is 81.0 cm³/mol. The van der Waals surface area contributed by atoms with E-state index in [4.69, 9.17) is 16.6 Å². The van der Waals surface area contributed by atoms with Gasteiger partial charge in [-0.1, -0.05) is 39.3 Å². The van der Waals surface area contributed by atoms with Gasteiger partial charge in [-0.25, -0.2) is 9.97 Å². The van der Waals surface area contributed by atoms with Crippen molar-refractivity contribution >= 4 is 17.4 Å².